The van der Waals surface area contributed by atoms with Crippen molar-refractivity contribution in [1.29, 1.82) is 0 Å². The number of aliphatic hydroxyl groups is 1. The average Bonchev–Trinajstić information content (AvgIpc) is 3.11. The standard InChI is InChI=1S/C20H18F2N2O4/c1-11(25)17-18(13-3-5-16(27-2)6-4-13)24-28-19(17)20(26)23-10-12-7-14(21)9-15(22)8-12/h3-9,11,25H,10H2,1-2H3,(H,23,26). The second-order valence-corrected chi connectivity index (χ2v) is 6.14. The van der Waals surface area contributed by atoms with Crippen LogP contribution in [0, 0.1) is 11.6 Å². The van der Waals surface area contributed by atoms with E-state index in [0.29, 0.717) is 17.0 Å². The smallest absolute Gasteiger partial charge is 0.290 e. The molecule has 0 saturated heterocycles. The normalized spacial score (nSPS) is 11.9. The summed E-state index contributed by atoms with van der Waals surface area (Å²) in [6.45, 7) is 1.36. The quantitative estimate of drug-likeness (QED) is 0.674. The van der Waals surface area contributed by atoms with Gasteiger partial charge in [-0.15, -0.1) is 0 Å². The first kappa shape index (κ1) is 19.5. The monoisotopic (exact) mass is 388 g/mol. The van der Waals surface area contributed by atoms with Crippen LogP contribution in [0.4, 0.5) is 8.78 Å². The van der Waals surface area contributed by atoms with Crippen molar-refractivity contribution in [3.63, 3.8) is 0 Å². The summed E-state index contributed by atoms with van der Waals surface area (Å²) in [4.78, 5) is 12.5. The number of carbonyl (C=O) groups excluding carboxylic acids is 1. The lowest BCUT2D eigenvalue weighted by molar-refractivity contribution is 0.0905. The third kappa shape index (κ3) is 4.17. The zero-order chi connectivity index (χ0) is 20.3. The minimum Gasteiger partial charge on any atom is -0.497 e. The van der Waals surface area contributed by atoms with E-state index in [1.807, 2.05) is 0 Å². The van der Waals surface area contributed by atoms with Crippen LogP contribution in [0.2, 0.25) is 0 Å². The summed E-state index contributed by atoms with van der Waals surface area (Å²) >= 11 is 0. The van der Waals surface area contributed by atoms with E-state index in [9.17, 15) is 18.7 Å². The van der Waals surface area contributed by atoms with E-state index in [4.69, 9.17) is 9.26 Å². The fourth-order valence-corrected chi connectivity index (χ4v) is 2.78. The highest BCUT2D eigenvalue weighted by atomic mass is 19.1. The van der Waals surface area contributed by atoms with Gasteiger partial charge in [0.05, 0.1) is 18.8 Å². The van der Waals surface area contributed by atoms with Crippen LogP contribution in [-0.2, 0) is 6.54 Å². The molecule has 146 valence electrons. The second-order valence-electron chi connectivity index (χ2n) is 6.14. The van der Waals surface area contributed by atoms with Gasteiger partial charge in [0, 0.05) is 18.2 Å². The van der Waals surface area contributed by atoms with E-state index in [2.05, 4.69) is 10.5 Å². The Kier molecular flexibility index (Phi) is 5.70. The molecule has 0 spiro atoms. The average molecular weight is 388 g/mol. The SMILES string of the molecule is COc1ccc(-c2noc(C(=O)NCc3cc(F)cc(F)c3)c2C(C)O)cc1. The van der Waals surface area contributed by atoms with Crippen molar-refractivity contribution in [3.05, 3.63) is 71.0 Å². The number of hydrogen-bond acceptors (Lipinski definition) is 5. The van der Waals surface area contributed by atoms with Crippen LogP contribution in [0.5, 0.6) is 5.75 Å². The van der Waals surface area contributed by atoms with Gasteiger partial charge < -0.3 is 19.7 Å². The van der Waals surface area contributed by atoms with Gasteiger partial charge in [-0.3, -0.25) is 4.79 Å². The molecule has 8 heteroatoms. The van der Waals surface area contributed by atoms with Gasteiger partial charge in [0.25, 0.3) is 5.91 Å². The van der Waals surface area contributed by atoms with Gasteiger partial charge in [0.15, 0.2) is 0 Å². The lowest BCUT2D eigenvalue weighted by atomic mass is 10.0. The van der Waals surface area contributed by atoms with Crippen molar-refractivity contribution < 1.29 is 27.9 Å². The number of aliphatic hydroxyl groups excluding tert-OH is 1. The molecule has 1 aromatic heterocycles. The maximum absolute atomic E-state index is 13.3. The summed E-state index contributed by atoms with van der Waals surface area (Å²) in [5.74, 6) is -1.66. The van der Waals surface area contributed by atoms with E-state index >= 15 is 0 Å². The molecule has 0 fully saturated rings. The largest absolute Gasteiger partial charge is 0.497 e. The summed E-state index contributed by atoms with van der Waals surface area (Å²) in [5.41, 5.74) is 1.42. The molecule has 6 nitrogen and oxygen atoms in total. The predicted molar refractivity (Wildman–Crippen MR) is 96.7 cm³/mol. The Labute approximate surface area is 159 Å². The molecule has 0 aliphatic heterocycles. The number of nitrogens with one attached hydrogen (secondary N) is 1. The number of nitrogens with zero attached hydrogens (tertiary/aromatic N) is 1. The number of halogens is 2. The highest BCUT2D eigenvalue weighted by molar-refractivity contribution is 5.94. The summed E-state index contributed by atoms with van der Waals surface area (Å²) in [5, 5.41) is 16.6. The number of carbonyl (C=O) groups is 1. The molecule has 0 aliphatic rings. The third-order valence-electron chi connectivity index (χ3n) is 4.09. The van der Waals surface area contributed by atoms with Gasteiger partial charge in [-0.2, -0.15) is 0 Å². The van der Waals surface area contributed by atoms with Crippen LogP contribution >= 0.6 is 0 Å². The lowest BCUT2D eigenvalue weighted by Gasteiger charge is -2.08. The molecule has 1 atom stereocenters. The van der Waals surface area contributed by atoms with Crippen molar-refractivity contribution in [2.45, 2.75) is 19.6 Å². The topological polar surface area (TPSA) is 84.6 Å². The van der Waals surface area contributed by atoms with Crippen LogP contribution in [-0.4, -0.2) is 23.3 Å². The third-order valence-corrected chi connectivity index (χ3v) is 4.09. The van der Waals surface area contributed by atoms with Gasteiger partial charge in [-0.05, 0) is 48.9 Å². The number of ether oxygens (including phenoxy) is 1. The number of hydrogen-bond donors (Lipinski definition) is 2. The van der Waals surface area contributed by atoms with Crippen LogP contribution in [0.1, 0.15) is 34.7 Å². The minimum atomic E-state index is -1.03. The summed E-state index contributed by atoms with van der Waals surface area (Å²) < 4.78 is 36.8. The molecule has 3 aromatic rings. The first-order chi connectivity index (χ1) is 13.4. The fourth-order valence-electron chi connectivity index (χ4n) is 2.78. The van der Waals surface area contributed by atoms with E-state index in [1.165, 1.54) is 6.92 Å². The Morgan fingerprint density at radius 1 is 1.21 bits per heavy atom. The maximum atomic E-state index is 13.3. The lowest BCUT2D eigenvalue weighted by Crippen LogP contribution is -2.24. The molecule has 0 bridgehead atoms. The molecule has 0 saturated carbocycles. The molecule has 0 aliphatic carbocycles. The van der Waals surface area contributed by atoms with Gasteiger partial charge in [-0.1, -0.05) is 5.16 Å². The highest BCUT2D eigenvalue weighted by Crippen LogP contribution is 2.31. The van der Waals surface area contributed by atoms with Crippen molar-refractivity contribution in [1.82, 2.24) is 10.5 Å². The first-order valence-corrected chi connectivity index (χ1v) is 8.44. The Balaban J connectivity index is 1.84. The molecule has 1 unspecified atom stereocenters. The van der Waals surface area contributed by atoms with E-state index < -0.39 is 23.6 Å². The fraction of sp³-hybridized carbons (Fsp3) is 0.200. The van der Waals surface area contributed by atoms with E-state index in [0.717, 1.165) is 18.2 Å². The molecule has 1 heterocycles. The Hall–Kier alpha value is -3.26. The predicted octanol–water partition coefficient (Wildman–Crippen LogP) is 3.61. The molecule has 1 amide bonds. The van der Waals surface area contributed by atoms with Crippen molar-refractivity contribution in [2.75, 3.05) is 7.11 Å². The molecule has 28 heavy (non-hydrogen) atoms. The summed E-state index contributed by atoms with van der Waals surface area (Å²) in [6, 6.07) is 9.85. The first-order valence-electron chi connectivity index (χ1n) is 8.44. The molecular weight excluding hydrogens is 370 g/mol. The number of rotatable bonds is 6. The Morgan fingerprint density at radius 2 is 1.86 bits per heavy atom. The van der Waals surface area contributed by atoms with E-state index in [1.54, 1.807) is 31.4 Å². The van der Waals surface area contributed by atoms with Gasteiger partial charge in [0.2, 0.25) is 5.76 Å². The van der Waals surface area contributed by atoms with Gasteiger partial charge >= 0.3 is 0 Å². The second kappa shape index (κ2) is 8.18. The van der Waals surface area contributed by atoms with Crippen LogP contribution < -0.4 is 10.1 Å². The minimum absolute atomic E-state index is 0.120. The van der Waals surface area contributed by atoms with E-state index in [-0.39, 0.29) is 23.4 Å². The number of benzene rings is 2. The summed E-state index contributed by atoms with van der Waals surface area (Å²) in [7, 11) is 1.54. The van der Waals surface area contributed by atoms with Crippen molar-refractivity contribution in [3.8, 4) is 17.0 Å². The maximum Gasteiger partial charge on any atom is 0.290 e. The molecule has 2 N–H and O–H groups in total. The Morgan fingerprint density at radius 3 is 2.43 bits per heavy atom. The highest BCUT2D eigenvalue weighted by Gasteiger charge is 2.26. The van der Waals surface area contributed by atoms with Gasteiger partial charge in [-0.25, -0.2) is 8.78 Å². The number of amides is 1. The summed E-state index contributed by atoms with van der Waals surface area (Å²) in [6.07, 6.45) is -1.03. The molecular formula is C20H18F2N2O4. The van der Waals surface area contributed by atoms with Crippen molar-refractivity contribution >= 4 is 5.91 Å². The zero-order valence-electron chi connectivity index (χ0n) is 15.2. The number of aromatic nitrogens is 1. The molecule has 2 aromatic carbocycles. The Bertz CT molecular complexity index is 964. The van der Waals surface area contributed by atoms with Gasteiger partial charge in [0.1, 0.15) is 23.1 Å². The van der Waals surface area contributed by atoms with Crippen LogP contribution in [0.3, 0.4) is 0 Å². The molecule has 0 radical (unpaired) electrons. The zero-order valence-corrected chi connectivity index (χ0v) is 15.2. The van der Waals surface area contributed by atoms with Crippen LogP contribution in [0.25, 0.3) is 11.3 Å². The molecule has 3 rings (SSSR count). The van der Waals surface area contributed by atoms with Crippen LogP contribution in [0.15, 0.2) is 47.0 Å². The van der Waals surface area contributed by atoms with Crippen molar-refractivity contribution in [2.24, 2.45) is 0 Å². The number of methoxy groups -OCH3 is 1.